The second-order valence-corrected chi connectivity index (χ2v) is 2.63. The Morgan fingerprint density at radius 1 is 1.78 bits per heavy atom. The zero-order valence-corrected chi connectivity index (χ0v) is 7.21. The SMILES string of the molecule is COC(=[Se])C(N)C(C)O. The van der Waals surface area contributed by atoms with Crippen LogP contribution in [0.1, 0.15) is 6.92 Å². The van der Waals surface area contributed by atoms with Gasteiger partial charge < -0.3 is 0 Å². The number of nitrogens with two attached hydrogens (primary N) is 1. The van der Waals surface area contributed by atoms with Gasteiger partial charge in [0.05, 0.1) is 0 Å². The van der Waals surface area contributed by atoms with Crippen molar-refractivity contribution in [3.63, 3.8) is 0 Å². The fraction of sp³-hybridized carbons (Fsp3) is 0.800. The molecule has 0 amide bonds. The van der Waals surface area contributed by atoms with Crippen molar-refractivity contribution in [3.8, 4) is 0 Å². The van der Waals surface area contributed by atoms with E-state index in [1.54, 1.807) is 6.92 Å². The molecule has 0 fully saturated rings. The summed E-state index contributed by atoms with van der Waals surface area (Å²) >= 11 is 2.62. The summed E-state index contributed by atoms with van der Waals surface area (Å²) in [6.07, 6.45) is -0.568. The molecule has 0 aliphatic heterocycles. The molecule has 0 radical (unpaired) electrons. The van der Waals surface area contributed by atoms with Gasteiger partial charge in [0.2, 0.25) is 0 Å². The van der Waals surface area contributed by atoms with Gasteiger partial charge in [0.1, 0.15) is 0 Å². The molecule has 9 heavy (non-hydrogen) atoms. The summed E-state index contributed by atoms with van der Waals surface area (Å²) in [7, 11) is 1.51. The number of hydrogen-bond donors (Lipinski definition) is 2. The van der Waals surface area contributed by atoms with Crippen LogP contribution in [0.2, 0.25) is 0 Å². The van der Waals surface area contributed by atoms with Crippen molar-refractivity contribution >= 4 is 20.2 Å². The van der Waals surface area contributed by atoms with Gasteiger partial charge in [-0.05, 0) is 0 Å². The molecule has 4 heteroatoms. The summed E-state index contributed by atoms with van der Waals surface area (Å²) in [5.74, 6) is 0. The van der Waals surface area contributed by atoms with E-state index >= 15 is 0 Å². The zero-order chi connectivity index (χ0) is 7.44. The van der Waals surface area contributed by atoms with Gasteiger partial charge in [-0.15, -0.1) is 0 Å². The number of ether oxygens (including phenoxy) is 1. The Kier molecular flexibility index (Phi) is 4.06. The van der Waals surface area contributed by atoms with Gasteiger partial charge in [-0.3, -0.25) is 0 Å². The van der Waals surface area contributed by atoms with Gasteiger partial charge in [0.15, 0.2) is 0 Å². The number of methoxy groups -OCH3 is 1. The average molecular weight is 196 g/mol. The van der Waals surface area contributed by atoms with E-state index in [4.69, 9.17) is 15.6 Å². The van der Waals surface area contributed by atoms with E-state index in [-0.39, 0.29) is 0 Å². The number of rotatable bonds is 3. The van der Waals surface area contributed by atoms with Gasteiger partial charge in [-0.2, -0.15) is 0 Å². The quantitative estimate of drug-likeness (QED) is 0.548. The van der Waals surface area contributed by atoms with E-state index in [9.17, 15) is 0 Å². The Bertz CT molecular complexity index is 105. The molecule has 0 aromatic heterocycles. The Labute approximate surface area is 62.5 Å². The Morgan fingerprint density at radius 2 is 2.22 bits per heavy atom. The van der Waals surface area contributed by atoms with Crippen LogP contribution in [0.15, 0.2) is 0 Å². The predicted molar refractivity (Wildman–Crippen MR) is 37.4 cm³/mol. The number of hydrogen-bond acceptors (Lipinski definition) is 3. The first-order valence-electron chi connectivity index (χ1n) is 2.61. The molecule has 0 rings (SSSR count). The Morgan fingerprint density at radius 3 is 2.33 bits per heavy atom. The topological polar surface area (TPSA) is 55.5 Å². The molecule has 54 valence electrons. The molecule has 0 aliphatic carbocycles. The van der Waals surface area contributed by atoms with Crippen molar-refractivity contribution in [1.82, 2.24) is 0 Å². The fourth-order valence-corrected chi connectivity index (χ4v) is 0.746. The van der Waals surface area contributed by atoms with Crippen LogP contribution >= 0.6 is 0 Å². The third-order valence-electron chi connectivity index (χ3n) is 0.993. The third kappa shape index (κ3) is 2.96. The second kappa shape index (κ2) is 4.01. The van der Waals surface area contributed by atoms with Crippen LogP contribution in [-0.2, 0) is 4.74 Å². The third-order valence-corrected chi connectivity index (χ3v) is 1.91. The van der Waals surface area contributed by atoms with Gasteiger partial charge in [0, 0.05) is 0 Å². The van der Waals surface area contributed by atoms with Crippen LogP contribution < -0.4 is 5.73 Å². The van der Waals surface area contributed by atoms with E-state index in [0.717, 1.165) is 0 Å². The summed E-state index contributed by atoms with van der Waals surface area (Å²) in [6.45, 7) is 1.61. The first-order chi connectivity index (χ1) is 4.09. The Hall–Kier alpha value is 0.109. The van der Waals surface area contributed by atoms with E-state index in [0.29, 0.717) is 4.60 Å². The molecule has 0 aromatic rings. The molecule has 0 saturated heterocycles. The summed E-state index contributed by atoms with van der Waals surface area (Å²) in [5.41, 5.74) is 5.43. The average Bonchev–Trinajstić information content (AvgIpc) is 1.84. The van der Waals surface area contributed by atoms with Gasteiger partial charge >= 0.3 is 61.9 Å². The molecule has 2 unspecified atom stereocenters. The molecule has 2 atom stereocenters. The molecule has 0 aromatic carbocycles. The van der Waals surface area contributed by atoms with Crippen LogP contribution in [0.4, 0.5) is 0 Å². The van der Waals surface area contributed by atoms with Crippen LogP contribution in [0, 0.1) is 0 Å². The van der Waals surface area contributed by atoms with Crippen molar-refractivity contribution in [3.05, 3.63) is 0 Å². The zero-order valence-electron chi connectivity index (χ0n) is 5.50. The van der Waals surface area contributed by atoms with Crippen molar-refractivity contribution in [2.24, 2.45) is 5.73 Å². The molecule has 3 nitrogen and oxygen atoms in total. The van der Waals surface area contributed by atoms with Crippen LogP contribution in [0.5, 0.6) is 0 Å². The molecule has 0 aliphatic rings. The van der Waals surface area contributed by atoms with E-state index in [1.165, 1.54) is 7.11 Å². The van der Waals surface area contributed by atoms with Crippen molar-refractivity contribution < 1.29 is 9.84 Å². The van der Waals surface area contributed by atoms with Crippen LogP contribution in [-0.4, -0.2) is 44.5 Å². The van der Waals surface area contributed by atoms with Crippen LogP contribution in [0.25, 0.3) is 0 Å². The monoisotopic (exact) mass is 197 g/mol. The molecule has 0 heterocycles. The predicted octanol–water partition coefficient (Wildman–Crippen LogP) is -1.36. The van der Waals surface area contributed by atoms with Gasteiger partial charge in [-0.1, -0.05) is 0 Å². The minimum absolute atomic E-state index is 0.421. The molecule has 0 spiro atoms. The van der Waals surface area contributed by atoms with Crippen molar-refractivity contribution in [2.75, 3.05) is 7.11 Å². The van der Waals surface area contributed by atoms with E-state index in [1.807, 2.05) is 0 Å². The summed E-state index contributed by atoms with van der Waals surface area (Å²) in [6, 6.07) is -0.421. The maximum absolute atomic E-state index is 8.88. The van der Waals surface area contributed by atoms with Gasteiger partial charge in [-0.25, -0.2) is 0 Å². The number of aliphatic hydroxyl groups is 1. The summed E-state index contributed by atoms with van der Waals surface area (Å²) in [5, 5.41) is 8.88. The summed E-state index contributed by atoms with van der Waals surface area (Å²) < 4.78 is 5.28. The number of aliphatic hydroxyl groups excluding tert-OH is 1. The Balaban J connectivity index is 3.72. The van der Waals surface area contributed by atoms with E-state index in [2.05, 4.69) is 15.6 Å². The standard InChI is InChI=1S/C5H11NO2Se/c1-3(7)4(6)5(9)8-2/h3-4,7H,6H2,1-2H3. The van der Waals surface area contributed by atoms with Gasteiger partial charge in [0.25, 0.3) is 0 Å². The molecule has 3 N–H and O–H groups in total. The van der Waals surface area contributed by atoms with Crippen molar-refractivity contribution in [2.45, 2.75) is 19.1 Å². The van der Waals surface area contributed by atoms with Crippen LogP contribution in [0.3, 0.4) is 0 Å². The first kappa shape index (κ1) is 9.11. The molecular weight excluding hydrogens is 185 g/mol. The van der Waals surface area contributed by atoms with E-state index < -0.39 is 12.1 Å². The molecule has 0 saturated carbocycles. The first-order valence-corrected chi connectivity index (χ1v) is 3.46. The molecule has 0 bridgehead atoms. The molecular formula is C5H11NO2Se. The van der Waals surface area contributed by atoms with Crippen molar-refractivity contribution in [1.29, 1.82) is 0 Å². The normalized spacial score (nSPS) is 16.4. The maximum atomic E-state index is 8.88. The fourth-order valence-electron chi connectivity index (χ4n) is 0.333. The minimum atomic E-state index is -0.568. The summed E-state index contributed by atoms with van der Waals surface area (Å²) in [4.78, 5) is 0. The second-order valence-electron chi connectivity index (χ2n) is 1.79.